The Labute approximate surface area is 226 Å². The minimum Gasteiger partial charge on any atom is -0.354 e. The molecule has 1 amide bonds. The minimum absolute atomic E-state index is 0.215. The summed E-state index contributed by atoms with van der Waals surface area (Å²) in [5.74, 6) is 0.338. The number of nitrogens with zero attached hydrogens (tertiary/aromatic N) is 7. The van der Waals surface area contributed by atoms with Gasteiger partial charge in [0, 0.05) is 36.0 Å². The molecule has 0 bridgehead atoms. The van der Waals surface area contributed by atoms with Gasteiger partial charge in [-0.25, -0.2) is 14.6 Å². The van der Waals surface area contributed by atoms with Crippen molar-refractivity contribution < 1.29 is 4.79 Å². The molecule has 0 radical (unpaired) electrons. The van der Waals surface area contributed by atoms with Crippen LogP contribution in [0.4, 0.5) is 0 Å². The highest BCUT2D eigenvalue weighted by atomic mass is 35.5. The van der Waals surface area contributed by atoms with Crippen LogP contribution in [0.3, 0.4) is 0 Å². The van der Waals surface area contributed by atoms with Gasteiger partial charge in [-0.15, -0.1) is 5.10 Å². The van der Waals surface area contributed by atoms with Crippen molar-refractivity contribution in [2.24, 2.45) is 0 Å². The summed E-state index contributed by atoms with van der Waals surface area (Å²) in [5.41, 5.74) is 2.01. The quantitative estimate of drug-likeness (QED) is 0.288. The van der Waals surface area contributed by atoms with Gasteiger partial charge in [0.15, 0.2) is 5.15 Å². The number of H-pyrrole nitrogens is 1. The predicted octanol–water partition coefficient (Wildman–Crippen LogP) is 3.06. The molecule has 0 aliphatic rings. The number of carbonyl (C=O) groups is 1. The molecular formula is C25H21Cl2N9O2. The van der Waals surface area contributed by atoms with Crippen LogP contribution in [0.25, 0.3) is 16.9 Å². The first-order valence-corrected chi connectivity index (χ1v) is 12.4. The molecule has 5 rings (SSSR count). The Bertz CT molecular complexity index is 1600. The van der Waals surface area contributed by atoms with Gasteiger partial charge >= 0.3 is 0 Å². The number of rotatable bonds is 9. The lowest BCUT2D eigenvalue weighted by Crippen LogP contribution is -2.39. The molecule has 3 heterocycles. The zero-order valence-electron chi connectivity index (χ0n) is 19.8. The molecular weight excluding hydrogens is 529 g/mol. The Kier molecular flexibility index (Phi) is 7.57. The molecule has 2 N–H and O–H groups in total. The second kappa shape index (κ2) is 11.4. The molecule has 2 aromatic carbocycles. The number of aromatic amines is 1. The van der Waals surface area contributed by atoms with Crippen LogP contribution in [0.15, 0.2) is 78.2 Å². The molecule has 0 unspecified atom stereocenters. The monoisotopic (exact) mass is 549 g/mol. The first-order chi connectivity index (χ1) is 18.5. The van der Waals surface area contributed by atoms with Gasteiger partial charge in [-0.3, -0.25) is 19.3 Å². The van der Waals surface area contributed by atoms with E-state index in [0.717, 1.165) is 5.56 Å². The zero-order chi connectivity index (χ0) is 26.5. The molecule has 1 atom stereocenters. The molecule has 3 aromatic heterocycles. The third kappa shape index (κ3) is 5.79. The minimum atomic E-state index is -0.825. The van der Waals surface area contributed by atoms with Crippen molar-refractivity contribution in [2.75, 3.05) is 6.54 Å². The van der Waals surface area contributed by atoms with E-state index in [-0.39, 0.29) is 11.1 Å². The average molecular weight is 550 g/mol. The van der Waals surface area contributed by atoms with Crippen LogP contribution in [0.1, 0.15) is 17.4 Å². The van der Waals surface area contributed by atoms with Gasteiger partial charge in [0.25, 0.3) is 5.56 Å². The van der Waals surface area contributed by atoms with E-state index in [0.29, 0.717) is 47.2 Å². The van der Waals surface area contributed by atoms with Gasteiger partial charge in [-0.1, -0.05) is 58.7 Å². The van der Waals surface area contributed by atoms with Crippen LogP contribution < -0.4 is 10.9 Å². The number of carbonyl (C=O) groups excluding carboxylic acids is 1. The number of aromatic nitrogens is 8. The third-order valence-corrected chi connectivity index (χ3v) is 6.23. The molecule has 13 heteroatoms. The molecule has 0 aliphatic carbocycles. The highest BCUT2D eigenvalue weighted by Gasteiger charge is 2.23. The van der Waals surface area contributed by atoms with Gasteiger partial charge in [-0.05, 0) is 23.8 Å². The highest BCUT2D eigenvalue weighted by Crippen LogP contribution is 2.28. The predicted molar refractivity (Wildman–Crippen MR) is 141 cm³/mol. The van der Waals surface area contributed by atoms with Crippen LogP contribution in [0.2, 0.25) is 10.2 Å². The lowest BCUT2D eigenvalue weighted by atomic mass is 10.0. The third-order valence-electron chi connectivity index (χ3n) is 5.82. The van der Waals surface area contributed by atoms with Crippen molar-refractivity contribution >= 4 is 29.1 Å². The van der Waals surface area contributed by atoms with Crippen molar-refractivity contribution in [3.63, 3.8) is 0 Å². The number of nitrogens with one attached hydrogen (secondary N) is 2. The molecule has 0 saturated carbocycles. The maximum atomic E-state index is 13.4. The summed E-state index contributed by atoms with van der Waals surface area (Å²) >= 11 is 12.2. The summed E-state index contributed by atoms with van der Waals surface area (Å²) in [5, 5.41) is 17.9. The van der Waals surface area contributed by atoms with E-state index in [1.54, 1.807) is 18.2 Å². The van der Waals surface area contributed by atoms with E-state index >= 15 is 0 Å². The van der Waals surface area contributed by atoms with Gasteiger partial charge in [0.05, 0.1) is 23.9 Å². The first-order valence-electron chi connectivity index (χ1n) is 11.6. The van der Waals surface area contributed by atoms with Crippen molar-refractivity contribution in [3.05, 3.63) is 105 Å². The standard InChI is InChI=1S/C25H21Cl2N9O2/c26-17-6-7-20(36-13-22(27)32-34-36)18(11-17)19-12-24(37)35(15-30-19)21(10-16-4-2-1-3-5-16)25(38)28-9-8-23-29-14-31-33-23/h1-7,11-15,21H,8-10H2,(H,28,38)(H,29,31,33)/t21-/m0/s1. The Morgan fingerprint density at radius 1 is 1.08 bits per heavy atom. The molecule has 38 heavy (non-hydrogen) atoms. The lowest BCUT2D eigenvalue weighted by molar-refractivity contribution is -0.124. The van der Waals surface area contributed by atoms with Crippen LogP contribution in [-0.4, -0.2) is 52.2 Å². The van der Waals surface area contributed by atoms with E-state index in [2.05, 4.69) is 35.8 Å². The summed E-state index contributed by atoms with van der Waals surface area (Å²) in [6.45, 7) is 0.325. The maximum Gasteiger partial charge on any atom is 0.254 e. The molecule has 0 fully saturated rings. The highest BCUT2D eigenvalue weighted by molar-refractivity contribution is 6.31. The van der Waals surface area contributed by atoms with Crippen LogP contribution >= 0.6 is 23.2 Å². The van der Waals surface area contributed by atoms with E-state index in [4.69, 9.17) is 23.2 Å². The Hall–Kier alpha value is -4.35. The van der Waals surface area contributed by atoms with Crippen LogP contribution in [0.5, 0.6) is 0 Å². The van der Waals surface area contributed by atoms with E-state index in [1.165, 1.54) is 34.2 Å². The Balaban J connectivity index is 1.46. The summed E-state index contributed by atoms with van der Waals surface area (Å²) < 4.78 is 2.80. The van der Waals surface area contributed by atoms with Gasteiger partial charge in [-0.2, -0.15) is 5.10 Å². The van der Waals surface area contributed by atoms with Crippen molar-refractivity contribution in [1.82, 2.24) is 45.0 Å². The molecule has 5 aromatic rings. The second-order valence-corrected chi connectivity index (χ2v) is 9.17. The summed E-state index contributed by atoms with van der Waals surface area (Å²) in [6, 6.07) is 15.1. The topological polar surface area (TPSA) is 136 Å². The normalized spacial score (nSPS) is 11.8. The van der Waals surface area contributed by atoms with Gasteiger partial charge in [0.1, 0.15) is 18.2 Å². The first kappa shape index (κ1) is 25.3. The number of benzene rings is 2. The SMILES string of the molecule is O=C(NCCc1ncn[nH]1)[C@H](Cc1ccccc1)n1cnc(-c2cc(Cl)ccc2-n2cc(Cl)nn2)cc1=O. The van der Waals surface area contributed by atoms with Crippen molar-refractivity contribution in [3.8, 4) is 16.9 Å². The molecule has 0 saturated heterocycles. The van der Waals surface area contributed by atoms with Crippen LogP contribution in [-0.2, 0) is 17.6 Å². The van der Waals surface area contributed by atoms with E-state index in [9.17, 15) is 9.59 Å². The van der Waals surface area contributed by atoms with E-state index < -0.39 is 11.6 Å². The fraction of sp³-hybridized carbons (Fsp3) is 0.160. The number of amides is 1. The summed E-state index contributed by atoms with van der Waals surface area (Å²) in [7, 11) is 0. The second-order valence-electron chi connectivity index (χ2n) is 8.35. The summed E-state index contributed by atoms with van der Waals surface area (Å²) in [6.07, 6.45) is 5.09. The van der Waals surface area contributed by atoms with Crippen LogP contribution in [0, 0.1) is 0 Å². The zero-order valence-corrected chi connectivity index (χ0v) is 21.3. The molecule has 11 nitrogen and oxygen atoms in total. The van der Waals surface area contributed by atoms with Crippen molar-refractivity contribution in [1.29, 1.82) is 0 Å². The summed E-state index contributed by atoms with van der Waals surface area (Å²) in [4.78, 5) is 35.2. The fourth-order valence-corrected chi connectivity index (χ4v) is 4.29. The fourth-order valence-electron chi connectivity index (χ4n) is 3.99. The van der Waals surface area contributed by atoms with Crippen molar-refractivity contribution in [2.45, 2.75) is 18.9 Å². The number of halogens is 2. The number of hydrogen-bond acceptors (Lipinski definition) is 7. The Morgan fingerprint density at radius 3 is 2.63 bits per heavy atom. The smallest absolute Gasteiger partial charge is 0.254 e. The van der Waals surface area contributed by atoms with Gasteiger partial charge < -0.3 is 5.32 Å². The molecule has 192 valence electrons. The van der Waals surface area contributed by atoms with Gasteiger partial charge in [0.2, 0.25) is 5.91 Å². The molecule has 0 spiro atoms. The number of hydrogen-bond donors (Lipinski definition) is 2. The molecule has 0 aliphatic heterocycles. The van der Waals surface area contributed by atoms with E-state index in [1.807, 2.05) is 30.3 Å². The Morgan fingerprint density at radius 2 is 1.92 bits per heavy atom. The lowest BCUT2D eigenvalue weighted by Gasteiger charge is -2.20. The largest absolute Gasteiger partial charge is 0.354 e. The average Bonchev–Trinajstić information content (AvgIpc) is 3.60. The maximum absolute atomic E-state index is 13.4.